The number of benzene rings is 1. The molecule has 0 aromatic heterocycles. The molecule has 80 valence electrons. The first-order chi connectivity index (χ1) is 7.20. The maximum Gasteiger partial charge on any atom is 0.320 e. The molecular weight excluding hydrogens is 210 g/mol. The van der Waals surface area contributed by atoms with E-state index in [0.29, 0.717) is 6.54 Å². The van der Waals surface area contributed by atoms with E-state index >= 15 is 0 Å². The van der Waals surface area contributed by atoms with Crippen LogP contribution in [0.2, 0.25) is 0 Å². The van der Waals surface area contributed by atoms with Crippen molar-refractivity contribution >= 4 is 23.4 Å². The highest BCUT2D eigenvalue weighted by Crippen LogP contribution is 2.35. The summed E-state index contributed by atoms with van der Waals surface area (Å²) in [7, 11) is 1.43. The molecule has 1 unspecified atom stereocenters. The van der Waals surface area contributed by atoms with Crippen molar-refractivity contribution in [1.29, 1.82) is 0 Å². The number of anilines is 1. The van der Waals surface area contributed by atoms with Gasteiger partial charge in [-0.2, -0.15) is 0 Å². The number of thioether (sulfide) groups is 1. The Morgan fingerprint density at radius 1 is 1.60 bits per heavy atom. The summed E-state index contributed by atoms with van der Waals surface area (Å²) < 4.78 is 4.74. The number of aryl methyl sites for hydroxylation is 1. The van der Waals surface area contributed by atoms with Crippen LogP contribution in [0.1, 0.15) is 5.56 Å². The molecule has 0 radical (unpaired) electrons. The molecule has 0 saturated carbocycles. The first-order valence-electron chi connectivity index (χ1n) is 4.79. The van der Waals surface area contributed by atoms with Gasteiger partial charge in [-0.25, -0.2) is 0 Å². The smallest absolute Gasteiger partial charge is 0.320 e. The molecule has 1 aliphatic rings. The van der Waals surface area contributed by atoms with Crippen LogP contribution >= 0.6 is 11.8 Å². The first kappa shape index (κ1) is 10.4. The van der Waals surface area contributed by atoms with Crippen LogP contribution in [0.4, 0.5) is 5.69 Å². The minimum atomic E-state index is -0.167. The number of methoxy groups -OCH3 is 1. The Labute approximate surface area is 93.2 Å². The third-order valence-corrected chi connectivity index (χ3v) is 3.58. The maximum atomic E-state index is 11.4. The first-order valence-corrected chi connectivity index (χ1v) is 5.67. The Bertz CT molecular complexity index is 392. The van der Waals surface area contributed by atoms with E-state index in [0.717, 1.165) is 10.6 Å². The SMILES string of the molecule is COC(=O)C1CNc2ccc(C)cc2S1. The molecule has 1 aromatic carbocycles. The highest BCUT2D eigenvalue weighted by Gasteiger charge is 2.25. The average Bonchev–Trinajstić information content (AvgIpc) is 2.27. The van der Waals surface area contributed by atoms with Crippen LogP contribution in [0.3, 0.4) is 0 Å². The molecule has 1 aliphatic heterocycles. The Morgan fingerprint density at radius 2 is 2.40 bits per heavy atom. The zero-order chi connectivity index (χ0) is 10.8. The lowest BCUT2D eigenvalue weighted by Gasteiger charge is -2.23. The van der Waals surface area contributed by atoms with E-state index in [-0.39, 0.29) is 11.2 Å². The second-order valence-electron chi connectivity index (χ2n) is 3.51. The normalized spacial score (nSPS) is 18.9. The topological polar surface area (TPSA) is 38.3 Å². The molecule has 2 rings (SSSR count). The van der Waals surface area contributed by atoms with Crippen molar-refractivity contribution in [1.82, 2.24) is 0 Å². The fraction of sp³-hybridized carbons (Fsp3) is 0.364. The predicted molar refractivity (Wildman–Crippen MR) is 61.3 cm³/mol. The number of ether oxygens (including phenoxy) is 1. The van der Waals surface area contributed by atoms with Crippen molar-refractivity contribution in [2.45, 2.75) is 17.1 Å². The molecular formula is C11H13NO2S. The molecule has 0 saturated heterocycles. The average molecular weight is 223 g/mol. The molecule has 4 heteroatoms. The Hall–Kier alpha value is -1.16. The lowest BCUT2D eigenvalue weighted by Crippen LogP contribution is -2.30. The van der Waals surface area contributed by atoms with Crippen molar-refractivity contribution in [2.24, 2.45) is 0 Å². The zero-order valence-electron chi connectivity index (χ0n) is 8.74. The molecule has 0 amide bonds. The van der Waals surface area contributed by atoms with Crippen LogP contribution in [-0.2, 0) is 9.53 Å². The minimum absolute atomic E-state index is 0.135. The minimum Gasteiger partial charge on any atom is -0.468 e. The van der Waals surface area contributed by atoms with Crippen LogP contribution in [0, 0.1) is 6.92 Å². The third-order valence-electron chi connectivity index (χ3n) is 2.35. The molecule has 0 spiro atoms. The number of carbonyl (C=O) groups excluding carboxylic acids is 1. The Morgan fingerprint density at radius 3 is 3.13 bits per heavy atom. The van der Waals surface area contributed by atoms with Gasteiger partial charge in [0.05, 0.1) is 7.11 Å². The monoisotopic (exact) mass is 223 g/mol. The van der Waals surface area contributed by atoms with Gasteiger partial charge in [-0.1, -0.05) is 6.07 Å². The van der Waals surface area contributed by atoms with Gasteiger partial charge < -0.3 is 10.1 Å². The van der Waals surface area contributed by atoms with Crippen molar-refractivity contribution in [2.75, 3.05) is 19.0 Å². The molecule has 3 nitrogen and oxygen atoms in total. The van der Waals surface area contributed by atoms with Crippen molar-refractivity contribution in [3.63, 3.8) is 0 Å². The fourth-order valence-corrected chi connectivity index (χ4v) is 2.72. The number of esters is 1. The zero-order valence-corrected chi connectivity index (χ0v) is 9.56. The highest BCUT2D eigenvalue weighted by molar-refractivity contribution is 8.00. The van der Waals surface area contributed by atoms with Gasteiger partial charge in [0.15, 0.2) is 0 Å². The van der Waals surface area contributed by atoms with Crippen LogP contribution in [0.15, 0.2) is 23.1 Å². The maximum absolute atomic E-state index is 11.4. The molecule has 1 atom stereocenters. The van der Waals surface area contributed by atoms with Crippen LogP contribution in [-0.4, -0.2) is 24.9 Å². The largest absolute Gasteiger partial charge is 0.468 e. The Kier molecular flexibility index (Phi) is 2.86. The Balaban J connectivity index is 2.22. The molecule has 1 heterocycles. The van der Waals surface area contributed by atoms with Crippen LogP contribution < -0.4 is 5.32 Å². The summed E-state index contributed by atoms with van der Waals surface area (Å²) in [6.45, 7) is 2.68. The number of rotatable bonds is 1. The third kappa shape index (κ3) is 2.09. The molecule has 1 N–H and O–H groups in total. The van der Waals surface area contributed by atoms with Gasteiger partial charge in [0.1, 0.15) is 5.25 Å². The van der Waals surface area contributed by atoms with Crippen molar-refractivity contribution < 1.29 is 9.53 Å². The summed E-state index contributed by atoms with van der Waals surface area (Å²) in [6.07, 6.45) is 0. The van der Waals surface area contributed by atoms with E-state index in [1.165, 1.54) is 12.7 Å². The summed E-state index contributed by atoms with van der Waals surface area (Å²) in [5.74, 6) is -0.167. The summed E-state index contributed by atoms with van der Waals surface area (Å²) in [5.41, 5.74) is 2.30. The van der Waals surface area contributed by atoms with E-state index in [4.69, 9.17) is 4.74 Å². The van der Waals surface area contributed by atoms with Gasteiger partial charge in [-0.3, -0.25) is 4.79 Å². The molecule has 1 aromatic rings. The number of hydrogen-bond donors (Lipinski definition) is 1. The second-order valence-corrected chi connectivity index (χ2v) is 4.75. The van der Waals surface area contributed by atoms with Gasteiger partial charge in [-0.15, -0.1) is 11.8 Å². The van der Waals surface area contributed by atoms with Crippen molar-refractivity contribution in [3.05, 3.63) is 23.8 Å². The lowest BCUT2D eigenvalue weighted by atomic mass is 10.2. The molecule has 0 bridgehead atoms. The van der Waals surface area contributed by atoms with E-state index < -0.39 is 0 Å². The van der Waals surface area contributed by atoms with Crippen LogP contribution in [0.25, 0.3) is 0 Å². The highest BCUT2D eigenvalue weighted by atomic mass is 32.2. The van der Waals surface area contributed by atoms with E-state index in [2.05, 4.69) is 17.4 Å². The van der Waals surface area contributed by atoms with E-state index in [1.807, 2.05) is 13.0 Å². The van der Waals surface area contributed by atoms with Gasteiger partial charge in [-0.05, 0) is 24.6 Å². The number of hydrogen-bond acceptors (Lipinski definition) is 4. The van der Waals surface area contributed by atoms with Crippen molar-refractivity contribution in [3.8, 4) is 0 Å². The van der Waals surface area contributed by atoms with Gasteiger partial charge >= 0.3 is 5.97 Å². The summed E-state index contributed by atoms with van der Waals surface area (Å²) in [6, 6.07) is 6.19. The molecule has 15 heavy (non-hydrogen) atoms. The van der Waals surface area contributed by atoms with Crippen LogP contribution in [0.5, 0.6) is 0 Å². The molecule has 0 aliphatic carbocycles. The number of carbonyl (C=O) groups is 1. The van der Waals surface area contributed by atoms with E-state index in [1.54, 1.807) is 11.8 Å². The molecule has 0 fully saturated rings. The second kappa shape index (κ2) is 4.14. The quantitative estimate of drug-likeness (QED) is 0.740. The predicted octanol–water partition coefficient (Wildman–Crippen LogP) is 2.05. The number of nitrogens with one attached hydrogen (secondary N) is 1. The summed E-state index contributed by atoms with van der Waals surface area (Å²) >= 11 is 1.57. The van der Waals surface area contributed by atoms with E-state index in [9.17, 15) is 4.79 Å². The fourth-order valence-electron chi connectivity index (χ4n) is 1.53. The van der Waals surface area contributed by atoms with Gasteiger partial charge in [0, 0.05) is 17.1 Å². The van der Waals surface area contributed by atoms with Gasteiger partial charge in [0.2, 0.25) is 0 Å². The summed E-state index contributed by atoms with van der Waals surface area (Å²) in [4.78, 5) is 12.5. The summed E-state index contributed by atoms with van der Waals surface area (Å²) in [5, 5.41) is 3.10. The standard InChI is InChI=1S/C11H13NO2S/c1-7-3-4-8-9(5-7)15-10(6-12-8)11(13)14-2/h3-5,10,12H,6H2,1-2H3. The lowest BCUT2D eigenvalue weighted by molar-refractivity contribution is -0.139. The van der Waals surface area contributed by atoms with Gasteiger partial charge in [0.25, 0.3) is 0 Å². The number of fused-ring (bicyclic) bond motifs is 1.